The average Bonchev–Trinajstić information content (AvgIpc) is 3.32. The Labute approximate surface area is 152 Å². The van der Waals surface area contributed by atoms with Crippen LogP contribution in [0.5, 0.6) is 0 Å². The highest BCUT2D eigenvalue weighted by atomic mass is 16.4. The Balaban J connectivity index is 1.76. The molecule has 1 aliphatic rings. The molecule has 0 saturated heterocycles. The van der Waals surface area contributed by atoms with Crippen molar-refractivity contribution in [3.8, 4) is 0 Å². The van der Waals surface area contributed by atoms with E-state index in [1.54, 1.807) is 13.2 Å². The highest BCUT2D eigenvalue weighted by molar-refractivity contribution is 5.95. The second-order valence-electron chi connectivity index (χ2n) is 6.77. The minimum atomic E-state index is -1.06. The van der Waals surface area contributed by atoms with Crippen LogP contribution in [0.15, 0.2) is 12.4 Å². The first-order valence-corrected chi connectivity index (χ1v) is 9.11. The molecule has 0 unspecified atom stereocenters. The van der Waals surface area contributed by atoms with E-state index in [0.29, 0.717) is 17.2 Å². The molecular weight excluding hydrogens is 334 g/mol. The number of carbonyl (C=O) groups excluding carboxylic acids is 1. The van der Waals surface area contributed by atoms with Crippen LogP contribution in [0.4, 0.5) is 0 Å². The molecule has 1 aliphatic carbocycles. The second-order valence-corrected chi connectivity index (χ2v) is 6.77. The van der Waals surface area contributed by atoms with Crippen LogP contribution in [0.3, 0.4) is 0 Å². The van der Waals surface area contributed by atoms with Gasteiger partial charge >= 0.3 is 5.97 Å². The van der Waals surface area contributed by atoms with Gasteiger partial charge < -0.3 is 10.4 Å². The number of aromatic carboxylic acids is 1. The van der Waals surface area contributed by atoms with E-state index in [2.05, 4.69) is 22.4 Å². The van der Waals surface area contributed by atoms with E-state index >= 15 is 0 Å². The van der Waals surface area contributed by atoms with Gasteiger partial charge in [-0.3, -0.25) is 14.2 Å². The van der Waals surface area contributed by atoms with Crippen LogP contribution in [-0.4, -0.2) is 36.5 Å². The number of carbonyl (C=O) groups is 2. The lowest BCUT2D eigenvalue weighted by Crippen LogP contribution is -2.25. The molecule has 0 atom stereocenters. The fourth-order valence-electron chi connectivity index (χ4n) is 3.69. The number of carboxylic acid groups (broad SMARTS) is 1. The van der Waals surface area contributed by atoms with Crippen LogP contribution in [0.25, 0.3) is 0 Å². The number of nitrogens with one attached hydrogen (secondary N) is 1. The molecule has 1 amide bonds. The standard InChI is InChI=1S/C18H25N5O3/c1-3-6-15-14(11-21-23(15)13-7-4-5-8-13)17(24)19-9-12-10-20-22(2)16(12)18(25)26/h10-11,13H,3-9H2,1-2H3,(H,19,24)(H,25,26). The minimum absolute atomic E-state index is 0.0840. The maximum absolute atomic E-state index is 12.7. The van der Waals surface area contributed by atoms with Gasteiger partial charge in [-0.1, -0.05) is 26.2 Å². The van der Waals surface area contributed by atoms with Gasteiger partial charge in [-0.15, -0.1) is 0 Å². The van der Waals surface area contributed by atoms with Crippen LogP contribution < -0.4 is 5.32 Å². The Bertz CT molecular complexity index is 802. The third kappa shape index (κ3) is 3.49. The number of aryl methyl sites for hydroxylation is 1. The van der Waals surface area contributed by atoms with Crippen molar-refractivity contribution >= 4 is 11.9 Å². The molecule has 0 aromatic carbocycles. The number of amides is 1. The lowest BCUT2D eigenvalue weighted by atomic mass is 10.1. The van der Waals surface area contributed by atoms with Gasteiger partial charge in [0.15, 0.2) is 5.69 Å². The molecule has 3 rings (SSSR count). The van der Waals surface area contributed by atoms with Crippen LogP contribution in [-0.2, 0) is 20.0 Å². The SMILES string of the molecule is CCCc1c(C(=O)NCc2cnn(C)c2C(=O)O)cnn1C1CCCC1. The largest absolute Gasteiger partial charge is 0.477 e. The quantitative estimate of drug-likeness (QED) is 0.790. The Hall–Kier alpha value is -2.64. The topological polar surface area (TPSA) is 102 Å². The van der Waals surface area contributed by atoms with Gasteiger partial charge in [0.05, 0.1) is 29.7 Å². The lowest BCUT2D eigenvalue weighted by Gasteiger charge is -2.15. The summed E-state index contributed by atoms with van der Waals surface area (Å²) in [4.78, 5) is 24.0. The summed E-state index contributed by atoms with van der Waals surface area (Å²) in [6.07, 6.45) is 9.47. The average molecular weight is 359 g/mol. The molecule has 0 radical (unpaired) electrons. The van der Waals surface area contributed by atoms with Crippen molar-refractivity contribution in [2.45, 2.75) is 58.0 Å². The highest BCUT2D eigenvalue weighted by Crippen LogP contribution is 2.31. The summed E-state index contributed by atoms with van der Waals surface area (Å²) in [5.41, 5.74) is 2.12. The Morgan fingerprint density at radius 2 is 2.00 bits per heavy atom. The maximum Gasteiger partial charge on any atom is 0.354 e. The van der Waals surface area contributed by atoms with E-state index in [4.69, 9.17) is 0 Å². The first kappa shape index (κ1) is 18.2. The van der Waals surface area contributed by atoms with Crippen molar-refractivity contribution in [1.82, 2.24) is 24.9 Å². The third-order valence-electron chi connectivity index (χ3n) is 4.96. The zero-order valence-electron chi connectivity index (χ0n) is 15.2. The van der Waals surface area contributed by atoms with Crippen molar-refractivity contribution in [1.29, 1.82) is 0 Å². The summed E-state index contributed by atoms with van der Waals surface area (Å²) < 4.78 is 3.32. The summed E-state index contributed by atoms with van der Waals surface area (Å²) in [6.45, 7) is 2.21. The van der Waals surface area contributed by atoms with Crippen LogP contribution in [0.1, 0.15) is 77.2 Å². The predicted molar refractivity (Wildman–Crippen MR) is 95.1 cm³/mol. The van der Waals surface area contributed by atoms with E-state index in [1.807, 2.05) is 4.68 Å². The Morgan fingerprint density at radius 1 is 1.27 bits per heavy atom. The molecule has 8 nitrogen and oxygen atoms in total. The number of carboxylic acids is 1. The highest BCUT2D eigenvalue weighted by Gasteiger charge is 2.24. The van der Waals surface area contributed by atoms with Crippen LogP contribution in [0, 0.1) is 0 Å². The normalized spacial score (nSPS) is 14.7. The molecule has 2 aromatic rings. The van der Waals surface area contributed by atoms with Gasteiger partial charge in [-0.2, -0.15) is 10.2 Å². The lowest BCUT2D eigenvalue weighted by molar-refractivity contribution is 0.0682. The van der Waals surface area contributed by atoms with Crippen molar-refractivity contribution in [3.05, 3.63) is 34.9 Å². The molecular formula is C18H25N5O3. The van der Waals surface area contributed by atoms with Gasteiger partial charge in [-0.25, -0.2) is 4.79 Å². The Kier molecular flexibility index (Phi) is 5.39. The molecule has 1 saturated carbocycles. The smallest absolute Gasteiger partial charge is 0.354 e. The number of rotatable bonds is 7. The van der Waals surface area contributed by atoms with Crippen LogP contribution >= 0.6 is 0 Å². The summed E-state index contributed by atoms with van der Waals surface area (Å²) in [5.74, 6) is -1.28. The fourth-order valence-corrected chi connectivity index (χ4v) is 3.69. The van der Waals surface area contributed by atoms with Crippen molar-refractivity contribution < 1.29 is 14.7 Å². The van der Waals surface area contributed by atoms with Gasteiger partial charge in [-0.05, 0) is 19.3 Å². The molecule has 8 heteroatoms. The van der Waals surface area contributed by atoms with Gasteiger partial charge in [0.2, 0.25) is 0 Å². The third-order valence-corrected chi connectivity index (χ3v) is 4.96. The van der Waals surface area contributed by atoms with Crippen molar-refractivity contribution in [2.24, 2.45) is 7.05 Å². The van der Waals surface area contributed by atoms with E-state index in [1.165, 1.54) is 23.7 Å². The summed E-state index contributed by atoms with van der Waals surface area (Å²) in [6, 6.07) is 0.384. The van der Waals surface area contributed by atoms with Crippen LogP contribution in [0.2, 0.25) is 0 Å². The molecule has 0 bridgehead atoms. The summed E-state index contributed by atoms with van der Waals surface area (Å²) in [7, 11) is 1.57. The molecule has 1 fully saturated rings. The monoisotopic (exact) mass is 359 g/mol. The summed E-state index contributed by atoms with van der Waals surface area (Å²) in [5, 5.41) is 20.5. The predicted octanol–water partition coefficient (Wildman–Crippen LogP) is 2.31. The molecule has 2 N–H and O–H groups in total. The van der Waals surface area contributed by atoms with E-state index in [-0.39, 0.29) is 18.1 Å². The number of aromatic nitrogens is 4. The van der Waals surface area contributed by atoms with E-state index in [0.717, 1.165) is 31.4 Å². The Morgan fingerprint density at radius 3 is 2.65 bits per heavy atom. The number of hydrogen-bond acceptors (Lipinski definition) is 4. The zero-order valence-corrected chi connectivity index (χ0v) is 15.2. The molecule has 26 heavy (non-hydrogen) atoms. The fraction of sp³-hybridized carbons (Fsp3) is 0.556. The minimum Gasteiger partial charge on any atom is -0.477 e. The zero-order chi connectivity index (χ0) is 18.7. The first-order chi connectivity index (χ1) is 12.5. The first-order valence-electron chi connectivity index (χ1n) is 9.11. The molecule has 0 aliphatic heterocycles. The second kappa shape index (κ2) is 7.72. The molecule has 140 valence electrons. The number of hydrogen-bond donors (Lipinski definition) is 2. The van der Waals surface area contributed by atoms with Crippen molar-refractivity contribution in [2.75, 3.05) is 0 Å². The van der Waals surface area contributed by atoms with Crippen molar-refractivity contribution in [3.63, 3.8) is 0 Å². The van der Waals surface area contributed by atoms with Gasteiger partial charge in [0, 0.05) is 19.2 Å². The summed E-state index contributed by atoms with van der Waals surface area (Å²) >= 11 is 0. The van der Waals surface area contributed by atoms with E-state index in [9.17, 15) is 14.7 Å². The number of nitrogens with zero attached hydrogens (tertiary/aromatic N) is 4. The molecule has 2 aromatic heterocycles. The van der Waals surface area contributed by atoms with Gasteiger partial charge in [0.25, 0.3) is 5.91 Å². The maximum atomic E-state index is 12.7. The molecule has 2 heterocycles. The molecule has 0 spiro atoms. The van der Waals surface area contributed by atoms with E-state index < -0.39 is 5.97 Å². The van der Waals surface area contributed by atoms with Gasteiger partial charge in [0.1, 0.15) is 0 Å².